The minimum absolute atomic E-state index is 0.857. The Bertz CT molecular complexity index is 737. The number of halogens is 6. The van der Waals surface area contributed by atoms with Crippen molar-refractivity contribution < 1.29 is 26.3 Å². The highest BCUT2D eigenvalue weighted by molar-refractivity contribution is 5.69. The predicted octanol–water partition coefficient (Wildman–Crippen LogP) is 3.21. The van der Waals surface area contributed by atoms with Crippen LogP contribution in [0.15, 0.2) is 0 Å². The van der Waals surface area contributed by atoms with E-state index in [2.05, 4.69) is 0 Å². The van der Waals surface area contributed by atoms with Gasteiger partial charge in [-0.25, -0.2) is 0 Å². The van der Waals surface area contributed by atoms with Crippen LogP contribution in [0.3, 0.4) is 0 Å². The van der Waals surface area contributed by atoms with Crippen molar-refractivity contribution in [1.29, 1.82) is 21.0 Å². The van der Waals surface area contributed by atoms with Gasteiger partial charge in [0, 0.05) is 0 Å². The molecular weight excluding hydrogens is 314 g/mol. The molecule has 0 unspecified atom stereocenters. The quantitative estimate of drug-likeness (QED) is 0.687. The molecule has 0 amide bonds. The van der Waals surface area contributed by atoms with E-state index in [1.165, 1.54) is 0 Å². The van der Waals surface area contributed by atoms with Gasteiger partial charge in [-0.2, -0.15) is 47.4 Å². The van der Waals surface area contributed by atoms with Crippen LogP contribution in [0.25, 0.3) is 0 Å². The number of nitriles is 4. The SMILES string of the molecule is N#Cc1c(C#N)c(C#N)c(C(F)(F)F)c(C(F)(F)F)c1C#N. The first kappa shape index (κ1) is 16.8. The van der Waals surface area contributed by atoms with Crippen molar-refractivity contribution in [2.45, 2.75) is 12.4 Å². The first-order valence-electron chi connectivity index (χ1n) is 5.03. The van der Waals surface area contributed by atoms with Crippen molar-refractivity contribution in [1.82, 2.24) is 0 Å². The fourth-order valence-corrected chi connectivity index (χ4v) is 1.76. The number of hydrogen-bond donors (Lipinski definition) is 0. The largest absolute Gasteiger partial charge is 0.418 e. The Morgan fingerprint density at radius 3 is 0.864 bits per heavy atom. The third-order valence-corrected chi connectivity index (χ3v) is 2.51. The molecule has 0 N–H and O–H groups in total. The van der Waals surface area contributed by atoms with E-state index in [0.717, 1.165) is 24.3 Å². The molecular formula is C12F6N4. The van der Waals surface area contributed by atoms with Crippen LogP contribution in [0.4, 0.5) is 26.3 Å². The fourth-order valence-electron chi connectivity index (χ4n) is 1.76. The highest BCUT2D eigenvalue weighted by Crippen LogP contribution is 2.45. The Labute approximate surface area is 118 Å². The normalized spacial score (nSPS) is 11.0. The standard InChI is InChI=1S/C12F6N4/c13-11(14,15)9-7(3-21)5(1-19)6(2-20)8(4-22)10(9)12(16,17)18. The molecule has 110 valence electrons. The minimum atomic E-state index is -5.65. The van der Waals surface area contributed by atoms with Crippen LogP contribution in [0, 0.1) is 45.3 Å². The molecule has 0 aromatic heterocycles. The average molecular weight is 314 g/mol. The molecule has 1 rings (SSSR count). The second-order valence-electron chi connectivity index (χ2n) is 3.69. The molecule has 0 aliphatic carbocycles. The molecule has 0 fully saturated rings. The summed E-state index contributed by atoms with van der Waals surface area (Å²) in [4.78, 5) is 0. The Morgan fingerprint density at radius 2 is 0.727 bits per heavy atom. The van der Waals surface area contributed by atoms with E-state index < -0.39 is 45.7 Å². The van der Waals surface area contributed by atoms with Gasteiger partial charge in [-0.05, 0) is 0 Å². The fraction of sp³-hybridized carbons (Fsp3) is 0.167. The van der Waals surface area contributed by atoms with Crippen molar-refractivity contribution in [3.8, 4) is 24.3 Å². The Balaban J connectivity index is 4.36. The number of hydrogen-bond acceptors (Lipinski definition) is 4. The molecule has 1 aromatic rings. The number of rotatable bonds is 0. The van der Waals surface area contributed by atoms with E-state index in [4.69, 9.17) is 21.0 Å². The summed E-state index contributed by atoms with van der Waals surface area (Å²) in [6.07, 6.45) is -11.3. The van der Waals surface area contributed by atoms with Crippen molar-refractivity contribution >= 4 is 0 Å². The van der Waals surface area contributed by atoms with Gasteiger partial charge in [0.1, 0.15) is 24.3 Å². The molecule has 0 spiro atoms. The van der Waals surface area contributed by atoms with Crippen LogP contribution in [0.2, 0.25) is 0 Å². The summed E-state index contributed by atoms with van der Waals surface area (Å²) < 4.78 is 77.7. The Hall–Kier alpha value is -3.24. The van der Waals surface area contributed by atoms with Crippen molar-refractivity contribution in [2.75, 3.05) is 0 Å². The minimum Gasteiger partial charge on any atom is -0.192 e. The summed E-state index contributed by atoms with van der Waals surface area (Å²) in [7, 11) is 0. The van der Waals surface area contributed by atoms with Gasteiger partial charge in [0.05, 0.1) is 33.4 Å². The van der Waals surface area contributed by atoms with Crippen LogP contribution in [-0.4, -0.2) is 0 Å². The van der Waals surface area contributed by atoms with Crippen LogP contribution in [0.5, 0.6) is 0 Å². The molecule has 0 aliphatic rings. The molecule has 0 atom stereocenters. The third-order valence-electron chi connectivity index (χ3n) is 2.51. The zero-order valence-electron chi connectivity index (χ0n) is 10.1. The van der Waals surface area contributed by atoms with Gasteiger partial charge >= 0.3 is 12.4 Å². The maximum atomic E-state index is 12.9. The predicted molar refractivity (Wildman–Crippen MR) is 55.3 cm³/mol. The molecule has 0 saturated heterocycles. The van der Waals surface area contributed by atoms with E-state index in [0.29, 0.717) is 0 Å². The smallest absolute Gasteiger partial charge is 0.192 e. The molecule has 0 aliphatic heterocycles. The molecule has 10 heteroatoms. The van der Waals surface area contributed by atoms with Crippen molar-refractivity contribution in [3.63, 3.8) is 0 Å². The first-order chi connectivity index (χ1) is 10.0. The molecule has 4 nitrogen and oxygen atoms in total. The maximum absolute atomic E-state index is 12.9. The highest BCUT2D eigenvalue weighted by atomic mass is 19.4. The highest BCUT2D eigenvalue weighted by Gasteiger charge is 2.49. The lowest BCUT2D eigenvalue weighted by Gasteiger charge is -2.19. The summed E-state index contributed by atoms with van der Waals surface area (Å²) in [6.45, 7) is 0. The van der Waals surface area contributed by atoms with Crippen LogP contribution in [-0.2, 0) is 12.4 Å². The lowest BCUT2D eigenvalue weighted by molar-refractivity contribution is -0.162. The molecule has 0 heterocycles. The molecule has 1 aromatic carbocycles. The number of alkyl halides is 6. The topological polar surface area (TPSA) is 95.2 Å². The van der Waals surface area contributed by atoms with Crippen molar-refractivity contribution in [3.05, 3.63) is 33.4 Å². The van der Waals surface area contributed by atoms with Crippen molar-refractivity contribution in [2.24, 2.45) is 0 Å². The Kier molecular flexibility index (Phi) is 4.03. The summed E-state index contributed by atoms with van der Waals surface area (Å²) in [5.41, 5.74) is -10.6. The monoisotopic (exact) mass is 314 g/mol. The van der Waals surface area contributed by atoms with E-state index in [1.807, 2.05) is 0 Å². The summed E-state index contributed by atoms with van der Waals surface area (Å²) in [6, 6.07) is 3.85. The van der Waals surface area contributed by atoms with E-state index in [9.17, 15) is 26.3 Å². The van der Waals surface area contributed by atoms with Gasteiger partial charge in [-0.15, -0.1) is 0 Å². The van der Waals surface area contributed by atoms with Gasteiger partial charge in [-0.1, -0.05) is 0 Å². The molecule has 22 heavy (non-hydrogen) atoms. The average Bonchev–Trinajstić information content (AvgIpc) is 2.41. The summed E-state index contributed by atoms with van der Waals surface area (Å²) in [5, 5.41) is 34.9. The van der Waals surface area contributed by atoms with Gasteiger partial charge in [-0.3, -0.25) is 0 Å². The lowest BCUT2D eigenvalue weighted by atomic mass is 9.87. The summed E-state index contributed by atoms with van der Waals surface area (Å²) in [5.74, 6) is 0. The zero-order valence-corrected chi connectivity index (χ0v) is 10.1. The van der Waals surface area contributed by atoms with Crippen LogP contribution in [0.1, 0.15) is 33.4 Å². The molecule has 0 radical (unpaired) electrons. The molecule has 0 saturated carbocycles. The van der Waals surface area contributed by atoms with Gasteiger partial charge < -0.3 is 0 Å². The lowest BCUT2D eigenvalue weighted by Crippen LogP contribution is -2.22. The summed E-state index contributed by atoms with van der Waals surface area (Å²) >= 11 is 0. The van der Waals surface area contributed by atoms with Gasteiger partial charge in [0.25, 0.3) is 0 Å². The van der Waals surface area contributed by atoms with Crippen LogP contribution < -0.4 is 0 Å². The number of nitrogens with zero attached hydrogens (tertiary/aromatic N) is 4. The van der Waals surface area contributed by atoms with E-state index in [-0.39, 0.29) is 0 Å². The van der Waals surface area contributed by atoms with E-state index in [1.54, 1.807) is 0 Å². The van der Waals surface area contributed by atoms with Crippen LogP contribution >= 0.6 is 0 Å². The Morgan fingerprint density at radius 1 is 0.500 bits per heavy atom. The first-order valence-corrected chi connectivity index (χ1v) is 5.03. The van der Waals surface area contributed by atoms with E-state index >= 15 is 0 Å². The second kappa shape index (κ2) is 5.27. The maximum Gasteiger partial charge on any atom is 0.418 e. The number of benzene rings is 1. The van der Waals surface area contributed by atoms with Gasteiger partial charge in [0.2, 0.25) is 0 Å². The second-order valence-corrected chi connectivity index (χ2v) is 3.69. The zero-order chi connectivity index (χ0) is 17.3. The molecule has 0 bridgehead atoms. The third kappa shape index (κ3) is 2.51. The van der Waals surface area contributed by atoms with Gasteiger partial charge in [0.15, 0.2) is 0 Å².